The van der Waals surface area contributed by atoms with Gasteiger partial charge in [-0.15, -0.1) is 0 Å². The molecule has 0 bridgehead atoms. The Kier molecular flexibility index (Phi) is 3.71. The predicted octanol–water partition coefficient (Wildman–Crippen LogP) is 2.08. The van der Waals surface area contributed by atoms with Crippen LogP contribution in [-0.4, -0.2) is 47.0 Å². The number of pyridine rings is 1. The Balaban J connectivity index is 1.52. The lowest BCUT2D eigenvalue weighted by Gasteiger charge is -2.27. The lowest BCUT2D eigenvalue weighted by atomic mass is 10.1. The first-order valence-corrected chi connectivity index (χ1v) is 8.15. The molecule has 2 aromatic heterocycles. The zero-order valence-corrected chi connectivity index (χ0v) is 13.0. The number of fused-ring (bicyclic) bond motifs is 3. The summed E-state index contributed by atoms with van der Waals surface area (Å²) in [6, 6.07) is 10.4. The number of nitrogens with one attached hydrogen (secondary N) is 2. The molecular weight excluding hydrogens is 288 g/mol. The predicted molar refractivity (Wildman–Crippen MR) is 91.4 cm³/mol. The van der Waals surface area contributed by atoms with Gasteiger partial charge in [-0.05, 0) is 18.6 Å². The maximum Gasteiger partial charge on any atom is 0.223 e. The number of H-pyrrole nitrogens is 1. The Bertz CT molecular complexity index is 848. The summed E-state index contributed by atoms with van der Waals surface area (Å²) in [5, 5.41) is 5.66. The standard InChI is InChI=1S/C18H20N4O/c23-18(22-9-7-19-8-10-22)6-5-13-11-15-14-3-1-2-4-16(14)21-17(15)12-20-13/h1-4,11-12,19,21H,5-10H2. The van der Waals surface area contributed by atoms with E-state index in [2.05, 4.69) is 33.5 Å². The van der Waals surface area contributed by atoms with Crippen LogP contribution in [0.4, 0.5) is 0 Å². The number of piperazine rings is 1. The highest BCUT2D eigenvalue weighted by molar-refractivity contribution is 6.06. The van der Waals surface area contributed by atoms with E-state index in [-0.39, 0.29) is 5.91 Å². The lowest BCUT2D eigenvalue weighted by Crippen LogP contribution is -2.46. The largest absolute Gasteiger partial charge is 0.353 e. The Hall–Kier alpha value is -2.40. The second-order valence-corrected chi connectivity index (χ2v) is 6.02. The fourth-order valence-corrected chi connectivity index (χ4v) is 3.24. The molecule has 1 aliphatic rings. The van der Waals surface area contributed by atoms with Gasteiger partial charge in [0.1, 0.15) is 0 Å². The van der Waals surface area contributed by atoms with Crippen molar-refractivity contribution in [2.45, 2.75) is 12.8 Å². The van der Waals surface area contributed by atoms with Crippen molar-refractivity contribution in [1.29, 1.82) is 0 Å². The first-order chi connectivity index (χ1) is 11.3. The number of nitrogens with zero attached hydrogens (tertiary/aromatic N) is 2. The summed E-state index contributed by atoms with van der Waals surface area (Å²) in [5.74, 6) is 0.229. The summed E-state index contributed by atoms with van der Waals surface area (Å²) < 4.78 is 0. The maximum absolute atomic E-state index is 12.3. The first kappa shape index (κ1) is 14.2. The van der Waals surface area contributed by atoms with Gasteiger partial charge in [0.05, 0.1) is 11.7 Å². The van der Waals surface area contributed by atoms with Gasteiger partial charge in [-0.3, -0.25) is 9.78 Å². The monoisotopic (exact) mass is 308 g/mol. The molecule has 0 spiro atoms. The average molecular weight is 308 g/mol. The first-order valence-electron chi connectivity index (χ1n) is 8.15. The minimum absolute atomic E-state index is 0.229. The molecule has 1 saturated heterocycles. The smallest absolute Gasteiger partial charge is 0.223 e. The third kappa shape index (κ3) is 2.80. The molecule has 0 aliphatic carbocycles. The van der Waals surface area contributed by atoms with E-state index in [1.165, 1.54) is 10.8 Å². The molecule has 1 aliphatic heterocycles. The number of aromatic amines is 1. The van der Waals surface area contributed by atoms with Crippen LogP contribution in [0.15, 0.2) is 36.5 Å². The highest BCUT2D eigenvalue weighted by Crippen LogP contribution is 2.25. The van der Waals surface area contributed by atoms with Crippen molar-refractivity contribution in [3.05, 3.63) is 42.2 Å². The Morgan fingerprint density at radius 1 is 1.13 bits per heavy atom. The topological polar surface area (TPSA) is 61.0 Å². The van der Waals surface area contributed by atoms with E-state index in [4.69, 9.17) is 0 Å². The lowest BCUT2D eigenvalue weighted by molar-refractivity contribution is -0.131. The van der Waals surface area contributed by atoms with Crippen LogP contribution in [0.3, 0.4) is 0 Å². The molecule has 23 heavy (non-hydrogen) atoms. The number of carbonyl (C=O) groups is 1. The zero-order valence-electron chi connectivity index (χ0n) is 13.0. The molecule has 1 aromatic carbocycles. The summed E-state index contributed by atoms with van der Waals surface area (Å²) in [7, 11) is 0. The molecule has 1 amide bonds. The normalized spacial score (nSPS) is 15.4. The summed E-state index contributed by atoms with van der Waals surface area (Å²) in [5.41, 5.74) is 3.15. The molecule has 2 N–H and O–H groups in total. The van der Waals surface area contributed by atoms with Gasteiger partial charge in [-0.1, -0.05) is 18.2 Å². The molecule has 3 heterocycles. The van der Waals surface area contributed by atoms with E-state index in [0.717, 1.165) is 42.9 Å². The minimum Gasteiger partial charge on any atom is -0.353 e. The fourth-order valence-electron chi connectivity index (χ4n) is 3.24. The average Bonchev–Trinajstić information content (AvgIpc) is 2.98. The van der Waals surface area contributed by atoms with Crippen molar-refractivity contribution in [3.63, 3.8) is 0 Å². The molecular formula is C18H20N4O. The van der Waals surface area contributed by atoms with Gasteiger partial charge in [0.2, 0.25) is 5.91 Å². The number of aromatic nitrogens is 2. The highest BCUT2D eigenvalue weighted by Gasteiger charge is 2.16. The summed E-state index contributed by atoms with van der Waals surface area (Å²) in [6.07, 6.45) is 3.10. The Labute approximate surface area is 134 Å². The second kappa shape index (κ2) is 6.01. The third-order valence-corrected chi connectivity index (χ3v) is 4.51. The molecule has 0 unspecified atom stereocenters. The van der Waals surface area contributed by atoms with Crippen molar-refractivity contribution in [3.8, 4) is 0 Å². The van der Waals surface area contributed by atoms with Crippen LogP contribution >= 0.6 is 0 Å². The van der Waals surface area contributed by atoms with Crippen molar-refractivity contribution in [1.82, 2.24) is 20.2 Å². The van der Waals surface area contributed by atoms with E-state index in [1.54, 1.807) is 0 Å². The van der Waals surface area contributed by atoms with Crippen molar-refractivity contribution in [2.75, 3.05) is 26.2 Å². The maximum atomic E-state index is 12.3. The second-order valence-electron chi connectivity index (χ2n) is 6.02. The van der Waals surface area contributed by atoms with E-state index < -0.39 is 0 Å². The van der Waals surface area contributed by atoms with Crippen LogP contribution < -0.4 is 5.32 Å². The third-order valence-electron chi connectivity index (χ3n) is 4.51. The van der Waals surface area contributed by atoms with Crippen LogP contribution in [-0.2, 0) is 11.2 Å². The van der Waals surface area contributed by atoms with Gasteiger partial charge in [0.15, 0.2) is 0 Å². The fraction of sp³-hybridized carbons (Fsp3) is 0.333. The molecule has 118 valence electrons. The summed E-state index contributed by atoms with van der Waals surface area (Å²) in [4.78, 5) is 22.1. The summed E-state index contributed by atoms with van der Waals surface area (Å²) >= 11 is 0. The van der Waals surface area contributed by atoms with Crippen LogP contribution in [0.1, 0.15) is 12.1 Å². The van der Waals surface area contributed by atoms with Crippen molar-refractivity contribution in [2.24, 2.45) is 0 Å². The number of amides is 1. The van der Waals surface area contributed by atoms with Gasteiger partial charge < -0.3 is 15.2 Å². The van der Waals surface area contributed by atoms with E-state index in [1.807, 2.05) is 23.2 Å². The zero-order chi connectivity index (χ0) is 15.6. The number of aryl methyl sites for hydroxylation is 1. The number of benzene rings is 1. The van der Waals surface area contributed by atoms with Gasteiger partial charge in [0.25, 0.3) is 0 Å². The molecule has 5 heteroatoms. The molecule has 1 fully saturated rings. The van der Waals surface area contributed by atoms with Crippen LogP contribution in [0.2, 0.25) is 0 Å². The SMILES string of the molecule is O=C(CCc1cc2c(cn1)[nH]c1ccccc12)N1CCNCC1. The number of para-hydroxylation sites is 1. The van der Waals surface area contributed by atoms with Crippen LogP contribution in [0.5, 0.6) is 0 Å². The van der Waals surface area contributed by atoms with Gasteiger partial charge in [0, 0.05) is 54.6 Å². The van der Waals surface area contributed by atoms with Gasteiger partial charge >= 0.3 is 0 Å². The highest BCUT2D eigenvalue weighted by atomic mass is 16.2. The van der Waals surface area contributed by atoms with E-state index in [0.29, 0.717) is 12.8 Å². The Morgan fingerprint density at radius 3 is 2.83 bits per heavy atom. The van der Waals surface area contributed by atoms with Crippen molar-refractivity contribution >= 4 is 27.7 Å². The van der Waals surface area contributed by atoms with Gasteiger partial charge in [-0.2, -0.15) is 0 Å². The molecule has 5 nitrogen and oxygen atoms in total. The summed E-state index contributed by atoms with van der Waals surface area (Å²) in [6.45, 7) is 3.41. The van der Waals surface area contributed by atoms with Crippen LogP contribution in [0.25, 0.3) is 21.8 Å². The number of hydrogen-bond donors (Lipinski definition) is 2. The van der Waals surface area contributed by atoms with Crippen LogP contribution in [0, 0.1) is 0 Å². The quantitative estimate of drug-likeness (QED) is 0.779. The molecule has 0 radical (unpaired) electrons. The number of hydrogen-bond acceptors (Lipinski definition) is 3. The number of rotatable bonds is 3. The Morgan fingerprint density at radius 2 is 1.96 bits per heavy atom. The minimum atomic E-state index is 0.229. The molecule has 3 aromatic rings. The van der Waals surface area contributed by atoms with Gasteiger partial charge in [-0.25, -0.2) is 0 Å². The molecule has 0 atom stereocenters. The molecule has 0 saturated carbocycles. The van der Waals surface area contributed by atoms with Crippen molar-refractivity contribution < 1.29 is 4.79 Å². The van der Waals surface area contributed by atoms with E-state index >= 15 is 0 Å². The van der Waals surface area contributed by atoms with E-state index in [9.17, 15) is 4.79 Å². The molecule has 4 rings (SSSR count). The number of carbonyl (C=O) groups excluding carboxylic acids is 1.